The highest BCUT2D eigenvalue weighted by Gasteiger charge is 2.25. The van der Waals surface area contributed by atoms with Crippen molar-refractivity contribution in [3.8, 4) is 0 Å². The van der Waals surface area contributed by atoms with Crippen molar-refractivity contribution in [3.05, 3.63) is 33.8 Å². The Bertz CT molecular complexity index is 412. The van der Waals surface area contributed by atoms with Gasteiger partial charge in [0.25, 0.3) is 0 Å². The van der Waals surface area contributed by atoms with Crippen molar-refractivity contribution in [2.75, 3.05) is 6.54 Å². The zero-order chi connectivity index (χ0) is 14.5. The monoisotopic (exact) mass is 315 g/mol. The smallest absolute Gasteiger partial charge is 0.0622 e. The first-order valence-corrected chi connectivity index (χ1v) is 8.21. The van der Waals surface area contributed by atoms with Gasteiger partial charge in [0, 0.05) is 22.5 Å². The quantitative estimate of drug-likeness (QED) is 0.819. The summed E-state index contributed by atoms with van der Waals surface area (Å²) in [6.07, 6.45) is 6.63. The molecule has 0 aliphatic heterocycles. The van der Waals surface area contributed by atoms with Crippen molar-refractivity contribution in [2.45, 2.75) is 50.5 Å². The Morgan fingerprint density at radius 1 is 1.20 bits per heavy atom. The number of rotatable bonds is 6. The number of aliphatic hydroxyl groups excluding tert-OH is 1. The fourth-order valence-electron chi connectivity index (χ4n) is 3.24. The van der Waals surface area contributed by atoms with Gasteiger partial charge >= 0.3 is 0 Å². The second-order valence-electron chi connectivity index (χ2n) is 5.77. The van der Waals surface area contributed by atoms with Crippen molar-refractivity contribution in [1.29, 1.82) is 0 Å². The molecule has 1 aromatic carbocycles. The lowest BCUT2D eigenvalue weighted by Gasteiger charge is -2.24. The Hall–Kier alpha value is -0.280. The zero-order valence-electron chi connectivity index (χ0n) is 11.7. The first-order chi connectivity index (χ1) is 9.63. The van der Waals surface area contributed by atoms with Crippen LogP contribution in [-0.2, 0) is 0 Å². The molecule has 0 aromatic heterocycles. The molecule has 1 aliphatic rings. The molecule has 1 aliphatic carbocycles. The number of hydrogen-bond acceptors (Lipinski definition) is 2. The minimum atomic E-state index is -0.474. The number of aliphatic hydroxyl groups is 1. The van der Waals surface area contributed by atoms with E-state index in [1.54, 1.807) is 12.1 Å². The molecule has 2 nitrogen and oxygen atoms in total. The zero-order valence-corrected chi connectivity index (χ0v) is 13.2. The van der Waals surface area contributed by atoms with E-state index in [9.17, 15) is 5.11 Å². The van der Waals surface area contributed by atoms with E-state index in [4.69, 9.17) is 28.9 Å². The van der Waals surface area contributed by atoms with E-state index in [2.05, 4.69) is 0 Å². The van der Waals surface area contributed by atoms with Gasteiger partial charge in [-0.25, -0.2) is 0 Å². The van der Waals surface area contributed by atoms with Gasteiger partial charge in [0.05, 0.1) is 6.10 Å². The van der Waals surface area contributed by atoms with Gasteiger partial charge in [-0.1, -0.05) is 55.0 Å². The van der Waals surface area contributed by atoms with Crippen LogP contribution in [0.15, 0.2) is 18.2 Å². The first-order valence-electron chi connectivity index (χ1n) is 7.45. The van der Waals surface area contributed by atoms with Gasteiger partial charge in [0.15, 0.2) is 0 Å². The third kappa shape index (κ3) is 3.88. The van der Waals surface area contributed by atoms with E-state index in [0.29, 0.717) is 16.6 Å². The second-order valence-corrected chi connectivity index (χ2v) is 6.59. The topological polar surface area (TPSA) is 46.2 Å². The molecule has 0 radical (unpaired) electrons. The van der Waals surface area contributed by atoms with Gasteiger partial charge in [0.2, 0.25) is 0 Å². The van der Waals surface area contributed by atoms with Crippen molar-refractivity contribution in [3.63, 3.8) is 0 Å². The lowest BCUT2D eigenvalue weighted by atomic mass is 9.88. The van der Waals surface area contributed by atoms with Crippen LogP contribution in [0.3, 0.4) is 0 Å². The maximum Gasteiger partial charge on any atom is 0.0622 e. The van der Waals surface area contributed by atoms with E-state index < -0.39 is 6.10 Å². The van der Waals surface area contributed by atoms with E-state index in [1.807, 2.05) is 6.07 Å². The predicted molar refractivity (Wildman–Crippen MR) is 85.5 cm³/mol. The summed E-state index contributed by atoms with van der Waals surface area (Å²) in [5.41, 5.74) is 6.64. The van der Waals surface area contributed by atoms with Crippen LogP contribution in [0, 0.1) is 5.92 Å². The molecule has 2 unspecified atom stereocenters. The summed E-state index contributed by atoms with van der Waals surface area (Å²) in [5.74, 6) is 0.586. The largest absolute Gasteiger partial charge is 0.392 e. The Kier molecular flexibility index (Phi) is 6.16. The molecule has 1 fully saturated rings. The van der Waals surface area contributed by atoms with Crippen molar-refractivity contribution in [2.24, 2.45) is 11.7 Å². The van der Waals surface area contributed by atoms with Crippen LogP contribution in [0.25, 0.3) is 0 Å². The average molecular weight is 316 g/mol. The van der Waals surface area contributed by atoms with Crippen LogP contribution >= 0.6 is 23.2 Å². The molecule has 20 heavy (non-hydrogen) atoms. The molecule has 2 atom stereocenters. The standard InChI is InChI=1S/C16H23Cl2NO/c17-13-6-3-7-14(18)16(13)12(10-19)15(20)9-8-11-4-1-2-5-11/h3,6-7,11-12,15,20H,1-2,4-5,8-10,19H2. The van der Waals surface area contributed by atoms with Gasteiger partial charge < -0.3 is 10.8 Å². The molecule has 112 valence electrons. The summed E-state index contributed by atoms with van der Waals surface area (Å²) < 4.78 is 0. The maximum absolute atomic E-state index is 10.5. The Balaban J connectivity index is 2.02. The summed E-state index contributed by atoms with van der Waals surface area (Å²) >= 11 is 12.4. The molecule has 0 amide bonds. The highest BCUT2D eigenvalue weighted by Crippen LogP contribution is 2.36. The number of hydrogen-bond donors (Lipinski definition) is 2. The van der Waals surface area contributed by atoms with Gasteiger partial charge in [-0.2, -0.15) is 0 Å². The molecular weight excluding hydrogens is 293 g/mol. The van der Waals surface area contributed by atoms with Crippen LogP contribution < -0.4 is 5.73 Å². The van der Waals surface area contributed by atoms with E-state index in [1.165, 1.54) is 25.7 Å². The lowest BCUT2D eigenvalue weighted by Crippen LogP contribution is -2.27. The third-order valence-corrected chi connectivity index (χ3v) is 5.09. The molecule has 1 saturated carbocycles. The first kappa shape index (κ1) is 16.1. The normalized spacial score (nSPS) is 19.2. The van der Waals surface area contributed by atoms with E-state index >= 15 is 0 Å². The molecule has 0 heterocycles. The van der Waals surface area contributed by atoms with Crippen LogP contribution in [0.2, 0.25) is 10.0 Å². The number of benzene rings is 1. The van der Waals surface area contributed by atoms with Crippen LogP contribution in [-0.4, -0.2) is 17.8 Å². The van der Waals surface area contributed by atoms with Gasteiger partial charge in [-0.3, -0.25) is 0 Å². The van der Waals surface area contributed by atoms with Gasteiger partial charge in [-0.05, 0) is 36.5 Å². The van der Waals surface area contributed by atoms with Gasteiger partial charge in [-0.15, -0.1) is 0 Å². The molecule has 2 rings (SSSR count). The minimum Gasteiger partial charge on any atom is -0.392 e. The molecule has 0 saturated heterocycles. The number of nitrogens with two attached hydrogens (primary N) is 1. The molecule has 1 aromatic rings. The summed E-state index contributed by atoms with van der Waals surface area (Å²) in [6, 6.07) is 5.41. The SMILES string of the molecule is NCC(c1c(Cl)cccc1Cl)C(O)CCC1CCCC1. The minimum absolute atomic E-state index is 0.183. The van der Waals surface area contributed by atoms with E-state index in [-0.39, 0.29) is 5.92 Å². The predicted octanol–water partition coefficient (Wildman–Crippen LogP) is 4.37. The van der Waals surface area contributed by atoms with Crippen molar-refractivity contribution < 1.29 is 5.11 Å². The Morgan fingerprint density at radius 3 is 2.35 bits per heavy atom. The third-order valence-electron chi connectivity index (χ3n) is 4.43. The highest BCUT2D eigenvalue weighted by molar-refractivity contribution is 6.36. The molecular formula is C16H23Cl2NO. The number of halogens is 2. The van der Waals surface area contributed by atoms with Gasteiger partial charge in [0.1, 0.15) is 0 Å². The molecule has 0 bridgehead atoms. The molecule has 3 N–H and O–H groups in total. The lowest BCUT2D eigenvalue weighted by molar-refractivity contribution is 0.127. The summed E-state index contributed by atoms with van der Waals surface area (Å²) in [7, 11) is 0. The fourth-order valence-corrected chi connectivity index (χ4v) is 3.92. The van der Waals surface area contributed by atoms with Crippen LogP contribution in [0.4, 0.5) is 0 Å². The molecule has 4 heteroatoms. The van der Waals surface area contributed by atoms with Crippen molar-refractivity contribution >= 4 is 23.2 Å². The average Bonchev–Trinajstić information content (AvgIpc) is 2.93. The molecule has 0 spiro atoms. The van der Waals surface area contributed by atoms with E-state index in [0.717, 1.165) is 24.3 Å². The van der Waals surface area contributed by atoms with Crippen LogP contribution in [0.1, 0.15) is 50.0 Å². The summed E-state index contributed by atoms with van der Waals surface area (Å²) in [4.78, 5) is 0. The summed E-state index contributed by atoms with van der Waals surface area (Å²) in [5, 5.41) is 11.7. The van der Waals surface area contributed by atoms with Crippen LogP contribution in [0.5, 0.6) is 0 Å². The summed E-state index contributed by atoms with van der Waals surface area (Å²) in [6.45, 7) is 0.356. The Morgan fingerprint density at radius 2 is 1.80 bits per heavy atom. The maximum atomic E-state index is 10.5. The fraction of sp³-hybridized carbons (Fsp3) is 0.625. The Labute approximate surface area is 131 Å². The van der Waals surface area contributed by atoms with Crippen molar-refractivity contribution in [1.82, 2.24) is 0 Å². The highest BCUT2D eigenvalue weighted by atomic mass is 35.5. The second kappa shape index (κ2) is 7.65.